The molecule has 1 aromatic heterocycles. The second-order valence-electron chi connectivity index (χ2n) is 1.89. The second kappa shape index (κ2) is 13.8. The molecule has 1 radical (unpaired) electrons. The summed E-state index contributed by atoms with van der Waals surface area (Å²) >= 11 is 0. The van der Waals surface area contributed by atoms with Crippen molar-refractivity contribution in [2.45, 2.75) is 0 Å². The predicted molar refractivity (Wildman–Crippen MR) is 43.9 cm³/mol. The molecule has 1 aromatic rings. The van der Waals surface area contributed by atoms with E-state index in [9.17, 15) is 0 Å². The second-order valence-corrected chi connectivity index (χ2v) is 3.53. The molecule has 1 N–H and O–H groups in total. The van der Waals surface area contributed by atoms with E-state index < -0.39 is 20.8 Å². The molecular formula is C5H6CuNNaO8S2. The Bertz CT molecular complexity index is 391. The molecule has 1 heterocycles. The van der Waals surface area contributed by atoms with Crippen LogP contribution in [0, 0.1) is 0 Å². The van der Waals surface area contributed by atoms with Crippen LogP contribution in [0.25, 0.3) is 0 Å². The summed E-state index contributed by atoms with van der Waals surface area (Å²) in [6.07, 6.45) is 3.75. The van der Waals surface area contributed by atoms with Gasteiger partial charge in [-0.15, -0.1) is 0 Å². The zero-order chi connectivity index (χ0) is 13.2. The zero-order valence-electron chi connectivity index (χ0n) is 8.77. The Balaban J connectivity index is -0.0000000781. The Morgan fingerprint density at radius 2 is 0.944 bits per heavy atom. The number of aromatic nitrogens is 1. The van der Waals surface area contributed by atoms with Crippen LogP contribution >= 0.6 is 0 Å². The van der Waals surface area contributed by atoms with Crippen LogP contribution in [0.5, 0.6) is 0 Å². The quantitative estimate of drug-likeness (QED) is 0.251. The van der Waals surface area contributed by atoms with Crippen molar-refractivity contribution in [1.29, 1.82) is 0 Å². The Kier molecular flexibility index (Phi) is 20.7. The topological polar surface area (TPSA) is 175 Å². The maximum Gasteiger partial charge on any atom is 2.00 e. The standard InChI is InChI=1S/C5H5N.Cu.Na.2H2O4S/c1-2-4-6-5-3-1;;;2*1-5(2,3)4/h1-5H;;;2*(H2,1,2,3,4)/q;+2;+1;;/p-3. The van der Waals surface area contributed by atoms with Crippen LogP contribution in [0.2, 0.25) is 0 Å². The van der Waals surface area contributed by atoms with Gasteiger partial charge in [-0.25, -0.2) is 4.98 Å². The van der Waals surface area contributed by atoms with Crippen molar-refractivity contribution < 1.29 is 86.7 Å². The molecule has 103 valence electrons. The van der Waals surface area contributed by atoms with Gasteiger partial charge in [0, 0.05) is 32.9 Å². The van der Waals surface area contributed by atoms with E-state index in [-0.39, 0.29) is 46.6 Å². The first-order valence-electron chi connectivity index (χ1n) is 3.24. The van der Waals surface area contributed by atoms with Gasteiger partial charge in [0.1, 0.15) is 0 Å². The van der Waals surface area contributed by atoms with E-state index in [2.05, 4.69) is 4.98 Å². The Morgan fingerprint density at radius 1 is 0.722 bits per heavy atom. The average Bonchev–Trinajstić information content (AvgIpc) is 2.01. The van der Waals surface area contributed by atoms with E-state index in [4.69, 9.17) is 35.0 Å². The molecule has 0 fully saturated rings. The molecule has 0 atom stereocenters. The molecule has 0 amide bonds. The number of rotatable bonds is 0. The minimum Gasteiger partial charge on any atom is -0.759 e. The van der Waals surface area contributed by atoms with E-state index in [1.54, 1.807) is 0 Å². The molecule has 0 aliphatic carbocycles. The largest absolute Gasteiger partial charge is 2.00 e. The number of nitrogens with one attached hydrogen (secondary N) is 1. The predicted octanol–water partition coefficient (Wildman–Crippen LogP) is -5.17. The number of hydrogen-bond donors (Lipinski definition) is 0. The molecular weight excluding hydrogens is 353 g/mol. The van der Waals surface area contributed by atoms with Crippen LogP contribution in [0.4, 0.5) is 0 Å². The zero-order valence-corrected chi connectivity index (χ0v) is 13.3. The minimum atomic E-state index is -5.17. The number of hydrogen-bond acceptors (Lipinski definition) is 8. The number of H-pyrrole nitrogens is 1. The van der Waals surface area contributed by atoms with Gasteiger partial charge < -0.3 is 18.2 Å². The summed E-state index contributed by atoms with van der Waals surface area (Å²) in [4.78, 5) is 2.89. The molecule has 0 saturated carbocycles. The normalized spacial score (nSPS) is 9.11. The van der Waals surface area contributed by atoms with Crippen LogP contribution in [0.1, 0.15) is 0 Å². The van der Waals surface area contributed by atoms with Crippen molar-refractivity contribution in [3.8, 4) is 0 Å². The third-order valence-corrected chi connectivity index (χ3v) is 0.607. The number of pyridine rings is 1. The molecule has 0 saturated heterocycles. The van der Waals surface area contributed by atoms with E-state index >= 15 is 0 Å². The molecule has 18 heavy (non-hydrogen) atoms. The summed E-state index contributed by atoms with van der Waals surface area (Å²) in [6, 6.07) is 5.86. The summed E-state index contributed by atoms with van der Waals surface area (Å²) in [6.45, 7) is 0. The third-order valence-electron chi connectivity index (χ3n) is 0.607. The van der Waals surface area contributed by atoms with Crippen molar-refractivity contribution >= 4 is 20.8 Å². The fourth-order valence-corrected chi connectivity index (χ4v) is 0.342. The van der Waals surface area contributed by atoms with Gasteiger partial charge in [0.15, 0.2) is 12.4 Å². The molecule has 0 aliphatic heterocycles. The number of aromatic amines is 1. The van der Waals surface area contributed by atoms with Crippen LogP contribution < -0.4 is 34.5 Å². The van der Waals surface area contributed by atoms with Crippen LogP contribution in [0.15, 0.2) is 30.6 Å². The van der Waals surface area contributed by atoms with Gasteiger partial charge in [0.25, 0.3) is 0 Å². The van der Waals surface area contributed by atoms with Crippen molar-refractivity contribution in [3.05, 3.63) is 30.6 Å². The molecule has 0 spiro atoms. The molecule has 0 aliphatic rings. The Labute approximate surface area is 137 Å². The van der Waals surface area contributed by atoms with Crippen LogP contribution in [0.3, 0.4) is 0 Å². The summed E-state index contributed by atoms with van der Waals surface area (Å²) in [5, 5.41) is 0. The molecule has 13 heteroatoms. The van der Waals surface area contributed by atoms with Crippen molar-refractivity contribution in [2.75, 3.05) is 0 Å². The van der Waals surface area contributed by atoms with Crippen LogP contribution in [-0.2, 0) is 37.9 Å². The van der Waals surface area contributed by atoms with Gasteiger partial charge in [-0.05, 0) is 0 Å². The van der Waals surface area contributed by atoms with Gasteiger partial charge in [-0.2, -0.15) is 0 Å². The fraction of sp³-hybridized carbons (Fsp3) is 0. The van der Waals surface area contributed by atoms with Gasteiger partial charge in [-0.1, -0.05) is 6.07 Å². The van der Waals surface area contributed by atoms with E-state index in [1.165, 1.54) is 0 Å². The summed E-state index contributed by atoms with van der Waals surface area (Å²) in [5.74, 6) is 0. The van der Waals surface area contributed by atoms with Crippen molar-refractivity contribution in [1.82, 2.24) is 0 Å². The first-order chi connectivity index (χ1) is 7.00. The maximum atomic E-state index is 8.52. The summed E-state index contributed by atoms with van der Waals surface area (Å²) in [5.41, 5.74) is 0. The molecule has 0 bridgehead atoms. The molecule has 9 nitrogen and oxygen atoms in total. The van der Waals surface area contributed by atoms with Gasteiger partial charge in [0.2, 0.25) is 0 Å². The van der Waals surface area contributed by atoms with E-state index in [0.29, 0.717) is 0 Å². The van der Waals surface area contributed by atoms with Gasteiger partial charge in [0.05, 0.1) is 0 Å². The smallest absolute Gasteiger partial charge is 0.759 e. The van der Waals surface area contributed by atoms with Crippen molar-refractivity contribution in [3.63, 3.8) is 0 Å². The van der Waals surface area contributed by atoms with E-state index in [1.807, 2.05) is 30.6 Å². The van der Waals surface area contributed by atoms with Gasteiger partial charge >= 0.3 is 46.6 Å². The molecule has 0 unspecified atom stereocenters. The average molecular weight is 359 g/mol. The Hall–Kier alpha value is 0.409. The fourth-order valence-electron chi connectivity index (χ4n) is 0.342. The SMILES string of the molecule is O=S(=O)([O-])[O-].O=S(=O)([O-])[O-].[Cu+2].[Na+].c1cc[nH+]cc1. The van der Waals surface area contributed by atoms with Crippen molar-refractivity contribution in [2.24, 2.45) is 0 Å². The minimum absolute atomic E-state index is 0. The first-order valence-corrected chi connectivity index (χ1v) is 5.91. The maximum absolute atomic E-state index is 8.52. The third kappa shape index (κ3) is 94.8. The van der Waals surface area contributed by atoms with Gasteiger partial charge in [-0.3, -0.25) is 16.8 Å². The van der Waals surface area contributed by atoms with E-state index in [0.717, 1.165) is 0 Å². The summed E-state index contributed by atoms with van der Waals surface area (Å²) < 4.78 is 68.2. The summed E-state index contributed by atoms with van der Waals surface area (Å²) in [7, 11) is -10.3. The monoisotopic (exact) mass is 358 g/mol. The first kappa shape index (κ1) is 26.9. The van der Waals surface area contributed by atoms with Crippen LogP contribution in [-0.4, -0.2) is 35.0 Å². The molecule has 0 aromatic carbocycles. The Morgan fingerprint density at radius 3 is 1.00 bits per heavy atom. The molecule has 1 rings (SSSR count).